The van der Waals surface area contributed by atoms with Crippen LogP contribution in [0, 0.1) is 21.3 Å². The molecule has 0 spiro atoms. The number of thioether (sulfide) groups is 2. The fourth-order valence-corrected chi connectivity index (χ4v) is 0.845. The quantitative estimate of drug-likeness (QED) is 0.508. The SMILES string of the molecule is N#CSC=CC(=O)C=CSC#N. The van der Waals surface area contributed by atoms with Crippen molar-refractivity contribution in [1.82, 2.24) is 0 Å². The van der Waals surface area contributed by atoms with Crippen LogP contribution in [0.4, 0.5) is 0 Å². The maximum Gasteiger partial charge on any atom is 0.179 e. The number of allylic oxidation sites excluding steroid dienone is 2. The van der Waals surface area contributed by atoms with Gasteiger partial charge in [0.2, 0.25) is 0 Å². The number of nitrogens with zero attached hydrogens (tertiary/aromatic N) is 2. The number of thiocyanates is 2. The summed E-state index contributed by atoms with van der Waals surface area (Å²) in [5, 5.41) is 22.5. The van der Waals surface area contributed by atoms with Crippen molar-refractivity contribution >= 4 is 29.3 Å². The number of carbonyl (C=O) groups excluding carboxylic acids is 1. The van der Waals surface area contributed by atoms with Crippen molar-refractivity contribution in [2.45, 2.75) is 0 Å². The van der Waals surface area contributed by atoms with Gasteiger partial charge < -0.3 is 0 Å². The van der Waals surface area contributed by atoms with Gasteiger partial charge in [0.1, 0.15) is 10.8 Å². The van der Waals surface area contributed by atoms with E-state index in [9.17, 15) is 4.79 Å². The van der Waals surface area contributed by atoms with E-state index in [0.717, 1.165) is 23.5 Å². The third-order valence-electron chi connectivity index (χ3n) is 0.706. The molecule has 0 amide bonds. The van der Waals surface area contributed by atoms with Gasteiger partial charge in [-0.25, -0.2) is 0 Å². The summed E-state index contributed by atoms with van der Waals surface area (Å²) in [7, 11) is 0. The number of ketones is 1. The topological polar surface area (TPSA) is 64.7 Å². The van der Waals surface area contributed by atoms with Crippen molar-refractivity contribution in [2.75, 3.05) is 0 Å². The molecule has 0 heterocycles. The van der Waals surface area contributed by atoms with Gasteiger partial charge in [0, 0.05) is 0 Å². The first kappa shape index (κ1) is 10.8. The van der Waals surface area contributed by atoms with Crippen molar-refractivity contribution in [3.05, 3.63) is 23.0 Å². The molecule has 0 radical (unpaired) electrons. The van der Waals surface area contributed by atoms with Crippen molar-refractivity contribution in [3.8, 4) is 10.8 Å². The molecule has 0 fully saturated rings. The van der Waals surface area contributed by atoms with Crippen LogP contribution >= 0.6 is 23.5 Å². The first-order chi connectivity index (χ1) is 5.81. The van der Waals surface area contributed by atoms with Gasteiger partial charge in [-0.05, 0) is 46.5 Å². The second-order valence-corrected chi connectivity index (χ2v) is 2.81. The summed E-state index contributed by atoms with van der Waals surface area (Å²) in [5.74, 6) is -0.236. The number of hydrogen-bond donors (Lipinski definition) is 0. The van der Waals surface area contributed by atoms with Crippen LogP contribution in [0.3, 0.4) is 0 Å². The average molecular weight is 196 g/mol. The second-order valence-electron chi connectivity index (χ2n) is 1.43. The highest BCUT2D eigenvalue weighted by atomic mass is 32.2. The van der Waals surface area contributed by atoms with Crippen LogP contribution in [-0.4, -0.2) is 5.78 Å². The molecule has 12 heavy (non-hydrogen) atoms. The van der Waals surface area contributed by atoms with E-state index in [1.165, 1.54) is 23.0 Å². The van der Waals surface area contributed by atoms with Gasteiger partial charge in [-0.1, -0.05) is 0 Å². The Hall–Kier alpha value is -1.17. The van der Waals surface area contributed by atoms with E-state index in [1.807, 2.05) is 0 Å². The van der Waals surface area contributed by atoms with Crippen molar-refractivity contribution in [1.29, 1.82) is 10.5 Å². The molecule has 0 atom stereocenters. The van der Waals surface area contributed by atoms with Gasteiger partial charge in [0.25, 0.3) is 0 Å². The summed E-state index contributed by atoms with van der Waals surface area (Å²) in [6.07, 6.45) is 2.53. The smallest absolute Gasteiger partial charge is 0.179 e. The molecule has 0 aromatic carbocycles. The lowest BCUT2D eigenvalue weighted by Gasteiger charge is -1.78. The lowest BCUT2D eigenvalue weighted by molar-refractivity contribution is -0.110. The van der Waals surface area contributed by atoms with Crippen LogP contribution < -0.4 is 0 Å². The third-order valence-corrected chi connectivity index (χ3v) is 1.46. The number of carbonyl (C=O) groups is 1. The first-order valence-electron chi connectivity index (χ1n) is 2.78. The summed E-state index contributed by atoms with van der Waals surface area (Å²) in [5.41, 5.74) is 0. The number of nitriles is 2. The zero-order valence-corrected chi connectivity index (χ0v) is 7.56. The van der Waals surface area contributed by atoms with E-state index in [0.29, 0.717) is 0 Å². The molecule has 0 aliphatic heterocycles. The Morgan fingerprint density at radius 1 is 1.08 bits per heavy atom. The monoisotopic (exact) mass is 196 g/mol. The first-order valence-corrected chi connectivity index (χ1v) is 4.53. The Kier molecular flexibility index (Phi) is 7.16. The van der Waals surface area contributed by atoms with Gasteiger partial charge in [-0.3, -0.25) is 4.79 Å². The normalized spacial score (nSPS) is 9.83. The van der Waals surface area contributed by atoms with Crippen LogP contribution in [0.2, 0.25) is 0 Å². The predicted octanol–water partition coefficient (Wildman–Crippen LogP) is 2.01. The Morgan fingerprint density at radius 2 is 1.50 bits per heavy atom. The standard InChI is InChI=1S/C7H4N2OS2/c8-5-11-3-1-7(10)2-4-12-6-9/h1-4H. The summed E-state index contributed by atoms with van der Waals surface area (Å²) in [4.78, 5) is 10.8. The van der Waals surface area contributed by atoms with Crippen molar-refractivity contribution < 1.29 is 4.79 Å². The molecule has 0 rings (SSSR count). The van der Waals surface area contributed by atoms with Crippen LogP contribution in [0.1, 0.15) is 0 Å². The maximum absolute atomic E-state index is 10.8. The molecular weight excluding hydrogens is 192 g/mol. The Labute approximate surface area is 78.7 Å². The highest BCUT2D eigenvalue weighted by Gasteiger charge is 1.86. The maximum atomic E-state index is 10.8. The Balaban J connectivity index is 3.76. The van der Waals surface area contributed by atoms with Crippen LogP contribution in [0.25, 0.3) is 0 Å². The minimum Gasteiger partial charge on any atom is -0.290 e. The minimum atomic E-state index is -0.236. The van der Waals surface area contributed by atoms with Crippen LogP contribution in [0.15, 0.2) is 23.0 Å². The van der Waals surface area contributed by atoms with Gasteiger partial charge in [0.15, 0.2) is 5.78 Å². The molecule has 0 N–H and O–H groups in total. The van der Waals surface area contributed by atoms with Gasteiger partial charge in [0.05, 0.1) is 0 Å². The summed E-state index contributed by atoms with van der Waals surface area (Å²) in [6, 6.07) is 0. The molecule has 0 saturated heterocycles. The lowest BCUT2D eigenvalue weighted by Crippen LogP contribution is -1.81. The zero-order chi connectivity index (χ0) is 9.23. The van der Waals surface area contributed by atoms with E-state index in [1.54, 1.807) is 10.8 Å². The summed E-state index contributed by atoms with van der Waals surface area (Å²) >= 11 is 1.75. The average Bonchev–Trinajstić information content (AvgIpc) is 2.06. The molecule has 60 valence electrons. The Bertz CT molecular complexity index is 255. The second kappa shape index (κ2) is 7.93. The van der Waals surface area contributed by atoms with Gasteiger partial charge in [-0.2, -0.15) is 10.5 Å². The predicted molar refractivity (Wildman–Crippen MR) is 49.7 cm³/mol. The fourth-order valence-electron chi connectivity index (χ4n) is 0.319. The molecule has 0 aromatic rings. The molecule has 0 unspecified atom stereocenters. The molecule has 0 aromatic heterocycles. The van der Waals surface area contributed by atoms with E-state index < -0.39 is 0 Å². The Morgan fingerprint density at radius 3 is 1.83 bits per heavy atom. The van der Waals surface area contributed by atoms with Gasteiger partial charge >= 0.3 is 0 Å². The van der Waals surface area contributed by atoms with Crippen molar-refractivity contribution in [2.24, 2.45) is 0 Å². The largest absolute Gasteiger partial charge is 0.290 e. The molecule has 0 aliphatic carbocycles. The lowest BCUT2D eigenvalue weighted by atomic mass is 10.4. The minimum absolute atomic E-state index is 0.236. The highest BCUT2D eigenvalue weighted by molar-refractivity contribution is 8.06. The van der Waals surface area contributed by atoms with E-state index in [4.69, 9.17) is 10.5 Å². The van der Waals surface area contributed by atoms with Crippen LogP contribution in [-0.2, 0) is 4.79 Å². The van der Waals surface area contributed by atoms with E-state index >= 15 is 0 Å². The van der Waals surface area contributed by atoms with E-state index in [-0.39, 0.29) is 5.78 Å². The third kappa shape index (κ3) is 6.94. The molecule has 3 nitrogen and oxygen atoms in total. The fraction of sp³-hybridized carbons (Fsp3) is 0. The zero-order valence-electron chi connectivity index (χ0n) is 5.93. The molecular formula is C7H4N2OS2. The molecule has 0 saturated carbocycles. The van der Waals surface area contributed by atoms with Crippen molar-refractivity contribution in [3.63, 3.8) is 0 Å². The molecule has 0 bridgehead atoms. The number of rotatable bonds is 4. The molecule has 0 aliphatic rings. The summed E-state index contributed by atoms with van der Waals surface area (Å²) in [6.45, 7) is 0. The van der Waals surface area contributed by atoms with Gasteiger partial charge in [-0.15, -0.1) is 0 Å². The van der Waals surface area contributed by atoms with Crippen LogP contribution in [0.5, 0.6) is 0 Å². The number of hydrogen-bond acceptors (Lipinski definition) is 5. The highest BCUT2D eigenvalue weighted by Crippen LogP contribution is 2.00. The van der Waals surface area contributed by atoms with E-state index in [2.05, 4.69) is 0 Å². The molecule has 5 heteroatoms. The summed E-state index contributed by atoms with van der Waals surface area (Å²) < 4.78 is 0.